The SMILES string of the molecule is Br.Br.C.C.CNCCC[N+](C)(CCCN)Cc1ccccc1.CNCCC[N+](C)(CCCNCc1ccccc1)Cc1ccccc1. The minimum atomic E-state index is 0. The predicted molar refractivity (Wildman–Crippen MR) is 220 cm³/mol. The second-order valence-electron chi connectivity index (χ2n) is 12.5. The minimum absolute atomic E-state index is 0. The Morgan fingerprint density at radius 2 is 0.851 bits per heavy atom. The van der Waals surface area contributed by atoms with Crippen molar-refractivity contribution < 1.29 is 8.97 Å². The zero-order valence-electron chi connectivity index (χ0n) is 28.6. The largest absolute Gasteiger partial charge is 0.330 e. The molecule has 0 fully saturated rings. The second kappa shape index (κ2) is 30.4. The van der Waals surface area contributed by atoms with Gasteiger partial charge in [0.1, 0.15) is 13.1 Å². The molecule has 0 saturated heterocycles. The summed E-state index contributed by atoms with van der Waals surface area (Å²) in [6.45, 7) is 12.0. The van der Waals surface area contributed by atoms with Crippen LogP contribution in [0.25, 0.3) is 0 Å². The standard InChI is InChI=1S/C22H34N3.C15H28N3.2CH4.2BrH/c1-23-15-9-17-25(2,20-22-13-7-4-8-14-22)18-10-16-24-19-21-11-5-3-6-12-21;1-17-11-7-13-18(2,12-6-10-16)14-15-8-4-3-5-9-15;;;;/h3-8,11-14,23-24H,9-10,15-20H2,1-2H3;3-5,8-9,17H,6-7,10-14,16H2,1-2H3;2*1H4;2*1H/q2*+1;;;;. The zero-order chi connectivity index (χ0) is 31.1. The molecule has 3 aromatic carbocycles. The van der Waals surface area contributed by atoms with Gasteiger partial charge in [-0.05, 0) is 26.2 Å². The van der Waals surface area contributed by atoms with Gasteiger partial charge in [0.2, 0.25) is 0 Å². The lowest BCUT2D eigenvalue weighted by Gasteiger charge is -2.35. The maximum Gasteiger partial charge on any atom is 0.104 e. The van der Waals surface area contributed by atoms with Crippen LogP contribution >= 0.6 is 34.0 Å². The van der Waals surface area contributed by atoms with Crippen molar-refractivity contribution in [1.29, 1.82) is 0 Å². The van der Waals surface area contributed by atoms with Crippen LogP contribution in [0.3, 0.4) is 0 Å². The molecule has 47 heavy (non-hydrogen) atoms. The Hall–Kier alpha value is -1.62. The summed E-state index contributed by atoms with van der Waals surface area (Å²) < 4.78 is 2.20. The molecule has 3 rings (SSSR count). The summed E-state index contributed by atoms with van der Waals surface area (Å²) in [5.41, 5.74) is 9.88. The molecule has 0 aromatic heterocycles. The molecule has 0 heterocycles. The first kappa shape index (κ1) is 49.8. The fourth-order valence-electron chi connectivity index (χ4n) is 5.75. The fraction of sp³-hybridized carbons (Fsp3) is 0.538. The summed E-state index contributed by atoms with van der Waals surface area (Å²) >= 11 is 0. The van der Waals surface area contributed by atoms with E-state index < -0.39 is 0 Å². The van der Waals surface area contributed by atoms with Crippen LogP contribution in [-0.4, -0.2) is 89.5 Å². The molecule has 0 aliphatic heterocycles. The Bertz CT molecular complexity index is 1060. The molecule has 5 N–H and O–H groups in total. The van der Waals surface area contributed by atoms with Crippen LogP contribution in [0.15, 0.2) is 91.0 Å². The Balaban J connectivity index is -0.000000793. The monoisotopic (exact) mass is 782 g/mol. The Morgan fingerprint density at radius 1 is 0.511 bits per heavy atom. The number of hydrogen-bond donors (Lipinski definition) is 4. The lowest BCUT2D eigenvalue weighted by atomic mass is 10.1. The third-order valence-corrected chi connectivity index (χ3v) is 8.19. The zero-order valence-corrected chi connectivity index (χ0v) is 32.0. The quantitative estimate of drug-likeness (QED) is 0.0671. The average molecular weight is 785 g/mol. The van der Waals surface area contributed by atoms with Crippen LogP contribution in [0, 0.1) is 0 Å². The Labute approximate surface area is 311 Å². The highest BCUT2D eigenvalue weighted by Crippen LogP contribution is 2.15. The van der Waals surface area contributed by atoms with Gasteiger partial charge in [-0.25, -0.2) is 0 Å². The smallest absolute Gasteiger partial charge is 0.104 e. The van der Waals surface area contributed by atoms with Crippen molar-refractivity contribution in [3.8, 4) is 0 Å². The maximum atomic E-state index is 5.66. The molecular formula is C39H72Br2N6+2. The summed E-state index contributed by atoms with van der Waals surface area (Å²) in [4.78, 5) is 0. The van der Waals surface area contributed by atoms with E-state index in [0.717, 1.165) is 67.7 Å². The Kier molecular flexibility index (Phi) is 32.2. The molecule has 0 radical (unpaired) electrons. The van der Waals surface area contributed by atoms with Gasteiger partial charge in [-0.1, -0.05) is 106 Å². The second-order valence-corrected chi connectivity index (χ2v) is 12.5. The molecule has 8 heteroatoms. The van der Waals surface area contributed by atoms with Gasteiger partial charge >= 0.3 is 0 Å². The third kappa shape index (κ3) is 23.4. The average Bonchev–Trinajstić information content (AvgIpc) is 3.02. The van der Waals surface area contributed by atoms with E-state index in [2.05, 4.69) is 121 Å². The molecule has 2 atom stereocenters. The number of benzene rings is 3. The molecule has 3 aromatic rings. The van der Waals surface area contributed by atoms with Crippen LogP contribution in [0.5, 0.6) is 0 Å². The first-order valence-corrected chi connectivity index (χ1v) is 16.4. The number of hydrogen-bond acceptors (Lipinski definition) is 4. The molecule has 0 bridgehead atoms. The fourth-order valence-corrected chi connectivity index (χ4v) is 5.75. The van der Waals surface area contributed by atoms with Crippen LogP contribution in [0.2, 0.25) is 0 Å². The van der Waals surface area contributed by atoms with Crippen LogP contribution < -0.4 is 21.7 Å². The van der Waals surface area contributed by atoms with Gasteiger partial charge in [0.05, 0.1) is 40.3 Å². The van der Waals surface area contributed by atoms with Crippen LogP contribution in [-0.2, 0) is 19.6 Å². The van der Waals surface area contributed by atoms with Crippen molar-refractivity contribution in [1.82, 2.24) is 16.0 Å². The topological polar surface area (TPSA) is 62.1 Å². The summed E-state index contributed by atoms with van der Waals surface area (Å²) in [7, 11) is 8.80. The van der Waals surface area contributed by atoms with Gasteiger partial charge in [-0.3, -0.25) is 0 Å². The van der Waals surface area contributed by atoms with Gasteiger partial charge < -0.3 is 30.7 Å². The molecule has 0 amide bonds. The van der Waals surface area contributed by atoms with Crippen molar-refractivity contribution in [2.45, 2.75) is 60.2 Å². The molecule has 2 unspecified atom stereocenters. The van der Waals surface area contributed by atoms with Crippen molar-refractivity contribution in [2.75, 3.05) is 80.5 Å². The maximum absolute atomic E-state index is 5.66. The normalized spacial score (nSPS) is 12.7. The molecule has 0 spiro atoms. The summed E-state index contributed by atoms with van der Waals surface area (Å²) in [5.74, 6) is 0. The number of quaternary nitrogens is 2. The highest BCUT2D eigenvalue weighted by molar-refractivity contribution is 8.93. The summed E-state index contributed by atoms with van der Waals surface area (Å²) in [6.07, 6.45) is 4.74. The van der Waals surface area contributed by atoms with Crippen molar-refractivity contribution in [2.24, 2.45) is 5.73 Å². The number of rotatable bonds is 21. The first-order chi connectivity index (χ1) is 20.9. The van der Waals surface area contributed by atoms with Gasteiger partial charge in [-0.15, -0.1) is 34.0 Å². The molecule has 0 aliphatic rings. The predicted octanol–water partition coefficient (Wildman–Crippen LogP) is 7.44. The van der Waals surface area contributed by atoms with E-state index in [1.54, 1.807) is 0 Å². The third-order valence-electron chi connectivity index (χ3n) is 8.19. The molecule has 0 aliphatic carbocycles. The molecule has 270 valence electrons. The molecule has 0 saturated carbocycles. The van der Waals surface area contributed by atoms with E-state index in [1.165, 1.54) is 55.6 Å². The number of nitrogens with two attached hydrogens (primary N) is 1. The minimum Gasteiger partial charge on any atom is -0.330 e. The highest BCUT2D eigenvalue weighted by Gasteiger charge is 2.22. The van der Waals surface area contributed by atoms with Crippen LogP contribution in [0.1, 0.15) is 57.2 Å². The van der Waals surface area contributed by atoms with E-state index in [-0.39, 0.29) is 48.8 Å². The lowest BCUT2D eigenvalue weighted by Crippen LogP contribution is -2.46. The van der Waals surface area contributed by atoms with E-state index in [4.69, 9.17) is 5.73 Å². The van der Waals surface area contributed by atoms with E-state index in [1.807, 2.05) is 14.1 Å². The molecule has 6 nitrogen and oxygen atoms in total. The van der Waals surface area contributed by atoms with Gasteiger partial charge in [0, 0.05) is 63.0 Å². The number of halogens is 2. The van der Waals surface area contributed by atoms with E-state index >= 15 is 0 Å². The van der Waals surface area contributed by atoms with Crippen molar-refractivity contribution in [3.05, 3.63) is 108 Å². The van der Waals surface area contributed by atoms with Crippen molar-refractivity contribution >= 4 is 34.0 Å². The van der Waals surface area contributed by atoms with Gasteiger partial charge in [0.15, 0.2) is 0 Å². The molecular weight excluding hydrogens is 712 g/mol. The van der Waals surface area contributed by atoms with E-state index in [9.17, 15) is 0 Å². The Morgan fingerprint density at radius 3 is 1.21 bits per heavy atom. The number of nitrogens with one attached hydrogen (secondary N) is 3. The van der Waals surface area contributed by atoms with E-state index in [0.29, 0.717) is 0 Å². The van der Waals surface area contributed by atoms with Gasteiger partial charge in [-0.2, -0.15) is 0 Å². The number of nitrogens with zero attached hydrogens (tertiary/aromatic N) is 2. The first-order valence-electron chi connectivity index (χ1n) is 16.4. The lowest BCUT2D eigenvalue weighted by molar-refractivity contribution is -0.922. The van der Waals surface area contributed by atoms with Crippen LogP contribution in [0.4, 0.5) is 0 Å². The summed E-state index contributed by atoms with van der Waals surface area (Å²) in [5, 5.41) is 10.1. The highest BCUT2D eigenvalue weighted by atomic mass is 79.9. The summed E-state index contributed by atoms with van der Waals surface area (Å²) in [6, 6.07) is 32.3. The van der Waals surface area contributed by atoms with Crippen molar-refractivity contribution in [3.63, 3.8) is 0 Å². The van der Waals surface area contributed by atoms with Gasteiger partial charge in [0.25, 0.3) is 0 Å².